The average molecular weight is 298 g/mol. The van der Waals surface area contributed by atoms with E-state index in [9.17, 15) is 0 Å². The summed E-state index contributed by atoms with van der Waals surface area (Å²) < 4.78 is 0. The van der Waals surface area contributed by atoms with Crippen LogP contribution in [0.5, 0.6) is 0 Å². The molecule has 70 valence electrons. The lowest BCUT2D eigenvalue weighted by molar-refractivity contribution is 0.736. The summed E-state index contributed by atoms with van der Waals surface area (Å²) in [5, 5.41) is 0. The molecule has 0 aliphatic carbocycles. The van der Waals surface area contributed by atoms with E-state index in [2.05, 4.69) is 4.98 Å². The van der Waals surface area contributed by atoms with E-state index >= 15 is 0 Å². The van der Waals surface area contributed by atoms with Gasteiger partial charge in [-0.1, -0.05) is 6.07 Å². The third kappa shape index (κ3) is 5.69. The molecule has 2 N–H and O–H groups in total. The molecule has 1 atom stereocenters. The summed E-state index contributed by atoms with van der Waals surface area (Å²) in [4.78, 5) is 3.98. The zero-order valence-electron chi connectivity index (χ0n) is 6.93. The smallest absolute Gasteiger partial charge is 0.0300 e. The Labute approximate surface area is 94.1 Å². The quantitative estimate of drug-likeness (QED) is 0.908. The predicted molar refractivity (Wildman–Crippen MR) is 62.2 cm³/mol. The Hall–Kier alpha value is 0.0700. The van der Waals surface area contributed by atoms with Crippen LogP contribution in [0.1, 0.15) is 12.5 Å². The van der Waals surface area contributed by atoms with Gasteiger partial charge in [0, 0.05) is 18.4 Å². The summed E-state index contributed by atoms with van der Waals surface area (Å²) >= 11 is 0. The van der Waals surface area contributed by atoms with Crippen LogP contribution in [-0.2, 0) is 6.42 Å². The minimum atomic E-state index is 0. The zero-order chi connectivity index (χ0) is 7.40. The molecule has 12 heavy (non-hydrogen) atoms. The molecule has 0 saturated heterocycles. The highest BCUT2D eigenvalue weighted by Crippen LogP contribution is 1.98. The lowest BCUT2D eigenvalue weighted by Gasteiger charge is -2.02. The van der Waals surface area contributed by atoms with Gasteiger partial charge in [-0.05, 0) is 25.0 Å². The molecule has 4 heteroatoms. The van der Waals surface area contributed by atoms with E-state index in [-0.39, 0.29) is 40.0 Å². The number of halogens is 2. The molecule has 0 aliphatic heterocycles. The Balaban J connectivity index is 0. The Morgan fingerprint density at radius 1 is 1.50 bits per heavy atom. The monoisotopic (exact) mass is 296 g/mol. The van der Waals surface area contributed by atoms with Gasteiger partial charge in [-0.2, -0.15) is 0 Å². The molecule has 0 spiro atoms. The number of nitrogens with zero attached hydrogens (tertiary/aromatic N) is 1. The highest BCUT2D eigenvalue weighted by Gasteiger charge is 1.94. The van der Waals surface area contributed by atoms with Gasteiger partial charge >= 0.3 is 0 Å². The molecule has 0 saturated carbocycles. The number of aromatic nitrogens is 1. The van der Waals surface area contributed by atoms with Crippen LogP contribution in [0, 0.1) is 0 Å². The maximum atomic E-state index is 5.60. The van der Waals surface area contributed by atoms with Crippen LogP contribution in [0.4, 0.5) is 0 Å². The molecule has 1 aromatic rings. The van der Waals surface area contributed by atoms with E-state index in [0.717, 1.165) is 6.42 Å². The summed E-state index contributed by atoms with van der Waals surface area (Å²) in [7, 11) is 0. The molecular formula is C8H14Br2N2. The number of hydrogen-bond acceptors (Lipinski definition) is 2. The van der Waals surface area contributed by atoms with Gasteiger partial charge in [0.15, 0.2) is 0 Å². The summed E-state index contributed by atoms with van der Waals surface area (Å²) in [6.45, 7) is 1.99. The fraction of sp³-hybridized carbons (Fsp3) is 0.375. The SMILES string of the molecule is Br.Br.CC(N)Cc1cccnc1. The third-order valence-corrected chi connectivity index (χ3v) is 1.28. The van der Waals surface area contributed by atoms with Crippen molar-refractivity contribution in [2.24, 2.45) is 5.73 Å². The predicted octanol–water partition coefficient (Wildman–Crippen LogP) is 2.13. The molecule has 0 radical (unpaired) electrons. The number of hydrogen-bond donors (Lipinski definition) is 1. The second kappa shape index (κ2) is 7.71. The summed E-state index contributed by atoms with van der Waals surface area (Å²) in [5.74, 6) is 0. The first kappa shape index (κ1) is 14.6. The van der Waals surface area contributed by atoms with Crippen LogP contribution in [0.15, 0.2) is 24.5 Å². The van der Waals surface area contributed by atoms with Gasteiger partial charge < -0.3 is 5.73 Å². The Morgan fingerprint density at radius 2 is 2.17 bits per heavy atom. The molecule has 1 aromatic heterocycles. The largest absolute Gasteiger partial charge is 0.328 e. The molecular weight excluding hydrogens is 284 g/mol. The Bertz CT molecular complexity index is 190. The van der Waals surface area contributed by atoms with Crippen molar-refractivity contribution >= 4 is 34.0 Å². The first-order valence-corrected chi connectivity index (χ1v) is 3.43. The van der Waals surface area contributed by atoms with Crippen molar-refractivity contribution in [3.8, 4) is 0 Å². The Morgan fingerprint density at radius 3 is 2.58 bits per heavy atom. The lowest BCUT2D eigenvalue weighted by Crippen LogP contribution is -2.17. The summed E-state index contributed by atoms with van der Waals surface area (Å²) in [6.07, 6.45) is 4.53. The van der Waals surface area contributed by atoms with Crippen molar-refractivity contribution in [2.75, 3.05) is 0 Å². The lowest BCUT2D eigenvalue weighted by atomic mass is 10.1. The molecule has 0 aliphatic rings. The number of nitrogens with two attached hydrogens (primary N) is 1. The van der Waals surface area contributed by atoms with Gasteiger partial charge in [-0.15, -0.1) is 34.0 Å². The summed E-state index contributed by atoms with van der Waals surface area (Å²) in [5.41, 5.74) is 6.80. The molecule has 0 aromatic carbocycles. The molecule has 0 amide bonds. The average Bonchev–Trinajstić information content (AvgIpc) is 1.88. The highest BCUT2D eigenvalue weighted by atomic mass is 79.9. The third-order valence-electron chi connectivity index (χ3n) is 1.28. The van der Waals surface area contributed by atoms with Crippen molar-refractivity contribution in [1.29, 1.82) is 0 Å². The van der Waals surface area contributed by atoms with E-state index in [4.69, 9.17) is 5.73 Å². The molecule has 1 heterocycles. The molecule has 0 fully saturated rings. The van der Waals surface area contributed by atoms with E-state index < -0.39 is 0 Å². The van der Waals surface area contributed by atoms with Crippen LogP contribution in [0.2, 0.25) is 0 Å². The van der Waals surface area contributed by atoms with Crippen LogP contribution >= 0.6 is 34.0 Å². The molecule has 1 unspecified atom stereocenters. The minimum absolute atomic E-state index is 0. The standard InChI is InChI=1S/C8H12N2.2BrH/c1-7(9)5-8-3-2-4-10-6-8;;/h2-4,6-7H,5,9H2,1H3;2*1H. The highest BCUT2D eigenvalue weighted by molar-refractivity contribution is 8.93. The molecule has 2 nitrogen and oxygen atoms in total. The normalized spacial score (nSPS) is 10.8. The maximum absolute atomic E-state index is 5.60. The van der Waals surface area contributed by atoms with Crippen LogP contribution in [0.25, 0.3) is 0 Å². The zero-order valence-corrected chi connectivity index (χ0v) is 10.4. The van der Waals surface area contributed by atoms with Crippen LogP contribution in [0.3, 0.4) is 0 Å². The number of pyridine rings is 1. The number of rotatable bonds is 2. The van der Waals surface area contributed by atoms with Crippen molar-refractivity contribution in [3.05, 3.63) is 30.1 Å². The second-order valence-corrected chi connectivity index (χ2v) is 2.54. The second-order valence-electron chi connectivity index (χ2n) is 2.54. The fourth-order valence-corrected chi connectivity index (χ4v) is 0.891. The van der Waals surface area contributed by atoms with Gasteiger partial charge in [0.2, 0.25) is 0 Å². The van der Waals surface area contributed by atoms with Gasteiger partial charge in [-0.25, -0.2) is 0 Å². The maximum Gasteiger partial charge on any atom is 0.0300 e. The van der Waals surface area contributed by atoms with Gasteiger partial charge in [-0.3, -0.25) is 4.98 Å². The van der Waals surface area contributed by atoms with Crippen molar-refractivity contribution in [1.82, 2.24) is 4.98 Å². The van der Waals surface area contributed by atoms with Crippen LogP contribution < -0.4 is 5.73 Å². The summed E-state index contributed by atoms with van der Waals surface area (Å²) in [6, 6.07) is 4.19. The van der Waals surface area contributed by atoms with Gasteiger partial charge in [0.25, 0.3) is 0 Å². The van der Waals surface area contributed by atoms with Crippen molar-refractivity contribution in [2.45, 2.75) is 19.4 Å². The van der Waals surface area contributed by atoms with E-state index in [1.165, 1.54) is 5.56 Å². The van der Waals surface area contributed by atoms with Crippen molar-refractivity contribution in [3.63, 3.8) is 0 Å². The topological polar surface area (TPSA) is 38.9 Å². The minimum Gasteiger partial charge on any atom is -0.328 e. The first-order valence-electron chi connectivity index (χ1n) is 3.43. The van der Waals surface area contributed by atoms with E-state index in [0.29, 0.717) is 0 Å². The molecule has 0 bridgehead atoms. The first-order chi connectivity index (χ1) is 4.79. The van der Waals surface area contributed by atoms with Crippen molar-refractivity contribution < 1.29 is 0 Å². The van der Waals surface area contributed by atoms with Gasteiger partial charge in [0.05, 0.1) is 0 Å². The Kier molecular flexibility index (Phi) is 9.37. The van der Waals surface area contributed by atoms with E-state index in [1.54, 1.807) is 6.20 Å². The van der Waals surface area contributed by atoms with Crippen LogP contribution in [-0.4, -0.2) is 11.0 Å². The molecule has 1 rings (SSSR count). The van der Waals surface area contributed by atoms with E-state index in [1.807, 2.05) is 25.3 Å². The van der Waals surface area contributed by atoms with Gasteiger partial charge in [0.1, 0.15) is 0 Å². The fourth-order valence-electron chi connectivity index (χ4n) is 0.891.